The number of aromatic nitrogens is 1. The van der Waals surface area contributed by atoms with Crippen LogP contribution in [0.1, 0.15) is 17.7 Å². The monoisotopic (exact) mass is 447 g/mol. The molecule has 0 saturated carbocycles. The minimum atomic E-state index is -1.07. The topological polar surface area (TPSA) is 120 Å². The number of carboxylic acids is 1. The number of anilines is 2. The van der Waals surface area contributed by atoms with Crippen LogP contribution in [-0.4, -0.2) is 54.6 Å². The average molecular weight is 448 g/mol. The van der Waals surface area contributed by atoms with Crippen molar-refractivity contribution >= 4 is 45.6 Å². The molecule has 3 heterocycles. The number of carboxylic acid groups (broad SMARTS) is 1. The Morgan fingerprint density at radius 2 is 2.00 bits per heavy atom. The van der Waals surface area contributed by atoms with Gasteiger partial charge in [0.2, 0.25) is 0 Å². The van der Waals surface area contributed by atoms with Gasteiger partial charge in [0.05, 0.1) is 21.8 Å². The number of aliphatic carboxylic acids is 1. The fourth-order valence-corrected chi connectivity index (χ4v) is 5.12. The van der Waals surface area contributed by atoms with Crippen molar-refractivity contribution in [3.63, 3.8) is 0 Å². The highest BCUT2D eigenvalue weighted by Crippen LogP contribution is 2.44. The summed E-state index contributed by atoms with van der Waals surface area (Å²) in [6, 6.07) is 8.00. The number of nitrogens with two attached hydrogens (primary N) is 1. The molecule has 0 radical (unpaired) electrons. The number of nitrogens with zero attached hydrogens (tertiary/aromatic N) is 6. The fraction of sp³-hybridized carbons (Fsp3) is 0.421. The molecule has 11 heteroatoms. The van der Waals surface area contributed by atoms with Crippen molar-refractivity contribution < 1.29 is 9.90 Å². The Morgan fingerprint density at radius 3 is 2.77 bits per heavy atom. The number of rotatable bonds is 6. The van der Waals surface area contributed by atoms with E-state index in [1.54, 1.807) is 6.20 Å². The van der Waals surface area contributed by atoms with Crippen LogP contribution in [0.3, 0.4) is 0 Å². The van der Waals surface area contributed by atoms with Crippen LogP contribution in [0.5, 0.6) is 0 Å². The Bertz CT molecular complexity index is 995. The van der Waals surface area contributed by atoms with Crippen molar-refractivity contribution in [2.45, 2.75) is 12.8 Å². The number of hydrogen-bond donors (Lipinski definition) is 2. The lowest BCUT2D eigenvalue weighted by molar-refractivity contribution is -0.135. The first-order chi connectivity index (χ1) is 14.5. The maximum absolute atomic E-state index is 10.4. The third kappa shape index (κ3) is 4.39. The molecule has 30 heavy (non-hydrogen) atoms. The van der Waals surface area contributed by atoms with Crippen LogP contribution in [0.25, 0.3) is 0 Å². The van der Waals surface area contributed by atoms with Gasteiger partial charge >= 0.3 is 5.97 Å². The third-order valence-corrected chi connectivity index (χ3v) is 6.91. The molecule has 0 amide bonds. The van der Waals surface area contributed by atoms with E-state index < -0.39 is 12.5 Å². The molecule has 9 nitrogen and oxygen atoms in total. The van der Waals surface area contributed by atoms with Crippen LogP contribution >= 0.6 is 22.9 Å². The summed E-state index contributed by atoms with van der Waals surface area (Å²) in [6.45, 7) is 3.43. The normalized spacial score (nSPS) is 22.0. The Balaban J connectivity index is 1.40. The molecule has 0 bridgehead atoms. The van der Waals surface area contributed by atoms with E-state index in [1.807, 2.05) is 18.2 Å². The second kappa shape index (κ2) is 8.57. The van der Waals surface area contributed by atoms with E-state index in [1.165, 1.54) is 11.3 Å². The lowest BCUT2D eigenvalue weighted by Crippen LogP contribution is -2.30. The third-order valence-electron chi connectivity index (χ3n) is 5.51. The van der Waals surface area contributed by atoms with Gasteiger partial charge in [-0.1, -0.05) is 35.1 Å². The first-order valence-corrected chi connectivity index (χ1v) is 10.8. The summed E-state index contributed by atoms with van der Waals surface area (Å²) in [5.41, 5.74) is 7.25. The summed E-state index contributed by atoms with van der Waals surface area (Å²) < 4.78 is 0. The van der Waals surface area contributed by atoms with Gasteiger partial charge in [-0.15, -0.1) is 5.10 Å². The van der Waals surface area contributed by atoms with Crippen LogP contribution in [0.4, 0.5) is 10.8 Å². The maximum atomic E-state index is 10.4. The summed E-state index contributed by atoms with van der Waals surface area (Å²) >= 11 is 7.84. The first kappa shape index (κ1) is 20.5. The molecule has 2 aliphatic rings. The smallest absolute Gasteiger partial charge is 0.327 e. The quantitative estimate of drug-likeness (QED) is 0.304. The van der Waals surface area contributed by atoms with E-state index in [-0.39, 0.29) is 11.3 Å². The second-order valence-electron chi connectivity index (χ2n) is 7.57. The molecular weight excluding hydrogens is 426 g/mol. The average Bonchev–Trinajstić information content (AvgIpc) is 3.46. The number of benzene rings is 1. The second-order valence-corrected chi connectivity index (χ2v) is 8.99. The van der Waals surface area contributed by atoms with E-state index in [4.69, 9.17) is 22.4 Å². The van der Waals surface area contributed by atoms with Gasteiger partial charge in [0, 0.05) is 31.6 Å². The summed E-state index contributed by atoms with van der Waals surface area (Å²) in [4.78, 5) is 20.3. The molecular formula is C19H22ClN7O2S. The van der Waals surface area contributed by atoms with Gasteiger partial charge in [-0.25, -0.2) is 4.98 Å². The van der Waals surface area contributed by atoms with Gasteiger partial charge in [-0.05, 0) is 30.2 Å². The number of halogens is 1. The van der Waals surface area contributed by atoms with Crippen molar-refractivity contribution in [1.82, 2.24) is 4.98 Å². The SMILES string of the molecule is N/C(=N\N=NCC(=O)O)c1cnc(N2CCC3(CCN(c4ccccc4Cl)C3)C2)s1. The van der Waals surface area contributed by atoms with Gasteiger partial charge in [0.1, 0.15) is 0 Å². The van der Waals surface area contributed by atoms with Gasteiger partial charge < -0.3 is 20.6 Å². The summed E-state index contributed by atoms with van der Waals surface area (Å²) in [5, 5.41) is 20.9. The van der Waals surface area contributed by atoms with Gasteiger partial charge in [0.25, 0.3) is 0 Å². The molecule has 3 N–H and O–H groups in total. The van der Waals surface area contributed by atoms with Crippen LogP contribution in [0, 0.1) is 5.41 Å². The number of carbonyl (C=O) groups is 1. The molecule has 2 saturated heterocycles. The van der Waals surface area contributed by atoms with Crippen molar-refractivity contribution in [3.8, 4) is 0 Å². The van der Waals surface area contributed by atoms with E-state index in [0.29, 0.717) is 4.88 Å². The van der Waals surface area contributed by atoms with Crippen LogP contribution in [0.15, 0.2) is 45.9 Å². The highest BCUT2D eigenvalue weighted by Gasteiger charge is 2.44. The zero-order chi connectivity index (χ0) is 21.1. The molecule has 2 fully saturated rings. The van der Waals surface area contributed by atoms with E-state index in [0.717, 1.165) is 54.9 Å². The van der Waals surface area contributed by atoms with Crippen molar-refractivity contribution in [2.24, 2.45) is 26.6 Å². The molecule has 2 aliphatic heterocycles. The van der Waals surface area contributed by atoms with Crippen LogP contribution < -0.4 is 15.5 Å². The Morgan fingerprint density at radius 1 is 1.27 bits per heavy atom. The zero-order valence-electron chi connectivity index (χ0n) is 16.2. The van der Waals surface area contributed by atoms with E-state index in [9.17, 15) is 4.79 Å². The molecule has 1 aromatic heterocycles. The number of thiazole rings is 1. The Kier molecular flexibility index (Phi) is 5.87. The predicted molar refractivity (Wildman–Crippen MR) is 118 cm³/mol. The number of hydrogen-bond acceptors (Lipinski definition) is 7. The highest BCUT2D eigenvalue weighted by atomic mass is 35.5. The van der Waals surface area contributed by atoms with Crippen molar-refractivity contribution in [2.75, 3.05) is 42.5 Å². The summed E-state index contributed by atoms with van der Waals surface area (Å²) in [5.74, 6) is -0.900. The molecule has 1 atom stereocenters. The predicted octanol–water partition coefficient (Wildman–Crippen LogP) is 3.06. The highest BCUT2D eigenvalue weighted by molar-refractivity contribution is 7.17. The molecule has 1 spiro atoms. The molecule has 0 aliphatic carbocycles. The molecule has 158 valence electrons. The molecule has 1 unspecified atom stereocenters. The van der Waals surface area contributed by atoms with Crippen LogP contribution in [-0.2, 0) is 4.79 Å². The summed E-state index contributed by atoms with van der Waals surface area (Å²) in [7, 11) is 0. The minimum Gasteiger partial charge on any atom is -0.480 e. The van der Waals surface area contributed by atoms with Gasteiger partial charge in [-0.3, -0.25) is 4.79 Å². The minimum absolute atomic E-state index is 0.174. The largest absolute Gasteiger partial charge is 0.480 e. The maximum Gasteiger partial charge on any atom is 0.327 e. The lowest BCUT2D eigenvalue weighted by Gasteiger charge is -2.26. The van der Waals surface area contributed by atoms with Crippen LogP contribution in [0.2, 0.25) is 5.02 Å². The zero-order valence-corrected chi connectivity index (χ0v) is 17.8. The Hall–Kier alpha value is -2.72. The van der Waals surface area contributed by atoms with E-state index in [2.05, 4.69) is 36.3 Å². The molecule has 1 aromatic carbocycles. The van der Waals surface area contributed by atoms with E-state index >= 15 is 0 Å². The van der Waals surface area contributed by atoms with Crippen molar-refractivity contribution in [3.05, 3.63) is 40.4 Å². The first-order valence-electron chi connectivity index (χ1n) is 9.58. The fourth-order valence-electron chi connectivity index (χ4n) is 4.03. The number of amidine groups is 1. The molecule has 2 aromatic rings. The molecule has 4 rings (SSSR count). The Labute approximate surface area is 182 Å². The standard InChI is InChI=1S/C19H22ClN7O2S/c20-13-3-1-2-4-14(13)26-7-5-19(11-26)6-8-27(12-19)18-22-9-15(30-18)17(21)24-25-23-10-16(28)29/h1-4,9H,5-8,10-12H2,(H,28,29)(H2,21,23,24). The van der Waals surface area contributed by atoms with Gasteiger partial charge in [-0.2, -0.15) is 5.11 Å². The van der Waals surface area contributed by atoms with Gasteiger partial charge in [0.15, 0.2) is 17.5 Å². The van der Waals surface area contributed by atoms with Crippen molar-refractivity contribution in [1.29, 1.82) is 0 Å². The number of para-hydroxylation sites is 1. The lowest BCUT2D eigenvalue weighted by atomic mass is 9.86. The summed E-state index contributed by atoms with van der Waals surface area (Å²) in [6.07, 6.45) is 3.90.